The number of nitrogens with one attached hydrogen (secondary N) is 1. The Kier molecular flexibility index (Phi) is 6.59. The van der Waals surface area contributed by atoms with Crippen LogP contribution in [0.2, 0.25) is 4.34 Å². The minimum atomic E-state index is -0.839. The largest absolute Gasteiger partial charge is 0.453 e. The van der Waals surface area contributed by atoms with Crippen LogP contribution < -0.4 is 5.32 Å². The van der Waals surface area contributed by atoms with Gasteiger partial charge in [-0.3, -0.25) is 14.4 Å². The summed E-state index contributed by atoms with van der Waals surface area (Å²) >= 11 is 6.95. The first kappa shape index (κ1) is 17.9. The number of ether oxygens (including phenoxy) is 1. The zero-order chi connectivity index (χ0) is 16.8. The molecular formula is C16H20ClNO4S. The van der Waals surface area contributed by atoms with Crippen LogP contribution >= 0.6 is 22.9 Å². The van der Waals surface area contributed by atoms with E-state index in [0.29, 0.717) is 9.21 Å². The quantitative estimate of drug-likeness (QED) is 0.600. The van der Waals surface area contributed by atoms with Crippen molar-refractivity contribution >= 4 is 40.6 Å². The Morgan fingerprint density at radius 3 is 2.61 bits per heavy atom. The van der Waals surface area contributed by atoms with Crippen LogP contribution in [0.5, 0.6) is 0 Å². The standard InChI is InChI=1S/C16H20ClNO4S/c1-10(16(21)18-11-4-2-3-5-11)22-15(20)9-6-12(19)13-7-8-14(17)23-13/h7-8,10-11H,2-6,9H2,1H3,(H,18,21)/t10-/m1/s1. The average Bonchev–Trinajstić information content (AvgIpc) is 3.16. The van der Waals surface area contributed by atoms with Gasteiger partial charge in [0.2, 0.25) is 0 Å². The van der Waals surface area contributed by atoms with Crippen molar-refractivity contribution in [3.63, 3.8) is 0 Å². The molecule has 5 nitrogen and oxygen atoms in total. The molecule has 23 heavy (non-hydrogen) atoms. The molecule has 1 aliphatic rings. The summed E-state index contributed by atoms with van der Waals surface area (Å²) in [4.78, 5) is 36.1. The highest BCUT2D eigenvalue weighted by molar-refractivity contribution is 7.18. The van der Waals surface area contributed by atoms with E-state index in [9.17, 15) is 14.4 Å². The van der Waals surface area contributed by atoms with Crippen LogP contribution in [0.25, 0.3) is 0 Å². The van der Waals surface area contributed by atoms with E-state index in [2.05, 4.69) is 5.32 Å². The van der Waals surface area contributed by atoms with Crippen LogP contribution in [0, 0.1) is 0 Å². The SMILES string of the molecule is C[C@@H](OC(=O)CCC(=O)c1ccc(Cl)s1)C(=O)NC1CCCC1. The monoisotopic (exact) mass is 357 g/mol. The number of Topliss-reactive ketones (excluding diaryl/α,β-unsaturated/α-hetero) is 1. The molecule has 0 radical (unpaired) electrons. The molecular weight excluding hydrogens is 338 g/mol. The van der Waals surface area contributed by atoms with Gasteiger partial charge in [0.25, 0.3) is 5.91 Å². The van der Waals surface area contributed by atoms with Gasteiger partial charge >= 0.3 is 5.97 Å². The van der Waals surface area contributed by atoms with Gasteiger partial charge in [0.05, 0.1) is 15.6 Å². The predicted molar refractivity (Wildman–Crippen MR) is 88.8 cm³/mol. The number of carbonyl (C=O) groups is 3. The Labute approximate surface area is 144 Å². The van der Waals surface area contributed by atoms with E-state index in [-0.39, 0.29) is 30.6 Å². The first-order chi connectivity index (χ1) is 11.0. The minimum Gasteiger partial charge on any atom is -0.453 e. The molecule has 1 heterocycles. The lowest BCUT2D eigenvalue weighted by Crippen LogP contribution is -2.40. The van der Waals surface area contributed by atoms with Crippen LogP contribution in [0.3, 0.4) is 0 Å². The van der Waals surface area contributed by atoms with E-state index < -0.39 is 12.1 Å². The molecule has 2 rings (SSSR count). The van der Waals surface area contributed by atoms with Gasteiger partial charge in [-0.25, -0.2) is 0 Å². The second-order valence-corrected chi connectivity index (χ2v) is 7.36. The number of esters is 1. The van der Waals surface area contributed by atoms with Gasteiger partial charge in [0.1, 0.15) is 0 Å². The third kappa shape index (κ3) is 5.62. The maximum absolute atomic E-state index is 11.9. The molecule has 1 amide bonds. The van der Waals surface area contributed by atoms with Gasteiger partial charge in [-0.05, 0) is 31.9 Å². The number of hydrogen-bond acceptors (Lipinski definition) is 5. The Balaban J connectivity index is 1.70. The smallest absolute Gasteiger partial charge is 0.307 e. The maximum Gasteiger partial charge on any atom is 0.307 e. The third-order valence-electron chi connectivity index (χ3n) is 3.78. The molecule has 0 saturated heterocycles. The zero-order valence-electron chi connectivity index (χ0n) is 13.0. The number of halogens is 1. The van der Waals surface area contributed by atoms with Crippen molar-refractivity contribution in [2.24, 2.45) is 0 Å². The highest BCUT2D eigenvalue weighted by atomic mass is 35.5. The van der Waals surface area contributed by atoms with Crippen LogP contribution in [0.4, 0.5) is 0 Å². The lowest BCUT2D eigenvalue weighted by atomic mass is 10.2. The Bertz CT molecular complexity index is 580. The topological polar surface area (TPSA) is 72.5 Å². The van der Waals surface area contributed by atoms with Crippen molar-refractivity contribution in [3.8, 4) is 0 Å². The zero-order valence-corrected chi connectivity index (χ0v) is 14.5. The summed E-state index contributed by atoms with van der Waals surface area (Å²) in [5.41, 5.74) is 0. The molecule has 1 saturated carbocycles. The minimum absolute atomic E-state index is 0.0462. The van der Waals surface area contributed by atoms with Gasteiger partial charge in [-0.2, -0.15) is 0 Å². The lowest BCUT2D eigenvalue weighted by Gasteiger charge is -2.17. The molecule has 0 bridgehead atoms. The summed E-state index contributed by atoms with van der Waals surface area (Å²) in [6, 6.07) is 3.47. The van der Waals surface area contributed by atoms with E-state index in [0.717, 1.165) is 25.7 Å². The van der Waals surface area contributed by atoms with Crippen molar-refractivity contribution in [1.29, 1.82) is 0 Å². The van der Waals surface area contributed by atoms with Crippen molar-refractivity contribution in [3.05, 3.63) is 21.3 Å². The number of thiophene rings is 1. The molecule has 1 aromatic rings. The molecule has 1 N–H and O–H groups in total. The summed E-state index contributed by atoms with van der Waals surface area (Å²) in [7, 11) is 0. The van der Waals surface area contributed by atoms with Gasteiger partial charge in [-0.1, -0.05) is 24.4 Å². The van der Waals surface area contributed by atoms with E-state index in [4.69, 9.17) is 16.3 Å². The second-order valence-electron chi connectivity index (χ2n) is 5.65. The Morgan fingerprint density at radius 2 is 2.00 bits per heavy atom. The summed E-state index contributed by atoms with van der Waals surface area (Å²) in [5, 5.41) is 2.88. The molecule has 1 fully saturated rings. The second kappa shape index (κ2) is 8.45. The van der Waals surface area contributed by atoms with E-state index >= 15 is 0 Å². The average molecular weight is 358 g/mol. The van der Waals surface area contributed by atoms with Crippen molar-refractivity contribution < 1.29 is 19.1 Å². The van der Waals surface area contributed by atoms with Crippen LogP contribution in [0.15, 0.2) is 12.1 Å². The molecule has 0 aromatic carbocycles. The highest BCUT2D eigenvalue weighted by Crippen LogP contribution is 2.23. The van der Waals surface area contributed by atoms with Crippen LogP contribution in [0.1, 0.15) is 55.1 Å². The normalized spacial score (nSPS) is 16.1. The molecule has 7 heteroatoms. The number of hydrogen-bond donors (Lipinski definition) is 1. The fraction of sp³-hybridized carbons (Fsp3) is 0.562. The fourth-order valence-corrected chi connectivity index (χ4v) is 3.51. The Hall–Kier alpha value is -1.40. The molecule has 1 aromatic heterocycles. The van der Waals surface area contributed by atoms with Gasteiger partial charge < -0.3 is 10.1 Å². The van der Waals surface area contributed by atoms with Gasteiger partial charge in [0.15, 0.2) is 11.9 Å². The van der Waals surface area contributed by atoms with Crippen LogP contribution in [-0.2, 0) is 14.3 Å². The van der Waals surface area contributed by atoms with Crippen LogP contribution in [-0.4, -0.2) is 29.8 Å². The van der Waals surface area contributed by atoms with E-state index in [1.54, 1.807) is 19.1 Å². The first-order valence-corrected chi connectivity index (χ1v) is 8.93. The fourth-order valence-electron chi connectivity index (χ4n) is 2.50. The first-order valence-electron chi connectivity index (χ1n) is 7.74. The molecule has 0 unspecified atom stereocenters. The molecule has 0 spiro atoms. The molecule has 0 aliphatic heterocycles. The number of carbonyl (C=O) groups excluding carboxylic acids is 3. The van der Waals surface area contributed by atoms with E-state index in [1.165, 1.54) is 11.3 Å². The van der Waals surface area contributed by atoms with Gasteiger partial charge in [-0.15, -0.1) is 11.3 Å². The third-order valence-corrected chi connectivity index (χ3v) is 5.06. The molecule has 1 aliphatic carbocycles. The summed E-state index contributed by atoms with van der Waals surface area (Å²) in [6.07, 6.45) is 3.35. The summed E-state index contributed by atoms with van der Waals surface area (Å²) < 4.78 is 5.62. The van der Waals surface area contributed by atoms with Crippen molar-refractivity contribution in [2.75, 3.05) is 0 Å². The summed E-state index contributed by atoms with van der Waals surface area (Å²) in [6.45, 7) is 1.54. The maximum atomic E-state index is 11.9. The van der Waals surface area contributed by atoms with Gasteiger partial charge in [0, 0.05) is 12.5 Å². The number of amides is 1. The predicted octanol–water partition coefficient (Wildman–Crippen LogP) is 3.35. The van der Waals surface area contributed by atoms with Crippen molar-refractivity contribution in [1.82, 2.24) is 5.32 Å². The summed E-state index contributed by atoms with van der Waals surface area (Å²) in [5.74, 6) is -0.974. The number of ketones is 1. The molecule has 126 valence electrons. The number of rotatable bonds is 7. The van der Waals surface area contributed by atoms with E-state index in [1.807, 2.05) is 0 Å². The molecule has 1 atom stereocenters. The highest BCUT2D eigenvalue weighted by Gasteiger charge is 2.23. The van der Waals surface area contributed by atoms with Crippen molar-refractivity contribution in [2.45, 2.75) is 57.6 Å². The Morgan fingerprint density at radius 1 is 1.30 bits per heavy atom. The lowest BCUT2D eigenvalue weighted by molar-refractivity contribution is -0.155.